The molecule has 0 radical (unpaired) electrons. The van der Waals surface area contributed by atoms with E-state index >= 15 is 0 Å². The third-order valence-corrected chi connectivity index (χ3v) is 2.74. The van der Waals surface area contributed by atoms with Crippen LogP contribution in [-0.2, 0) is 9.53 Å². The Bertz CT molecular complexity index is 380. The van der Waals surface area contributed by atoms with Gasteiger partial charge in [0.05, 0.1) is 18.0 Å². The number of pyridine rings is 1. The van der Waals surface area contributed by atoms with Gasteiger partial charge in [-0.15, -0.1) is 0 Å². The van der Waals surface area contributed by atoms with Crippen LogP contribution in [-0.4, -0.2) is 23.1 Å². The minimum absolute atomic E-state index is 0.117. The summed E-state index contributed by atoms with van der Waals surface area (Å²) in [4.78, 5) is 15.6. The number of rotatable bonds is 2. The maximum absolute atomic E-state index is 11.7. The van der Waals surface area contributed by atoms with Crippen LogP contribution in [0, 0.1) is 0 Å². The summed E-state index contributed by atoms with van der Waals surface area (Å²) < 4.78 is 5.46. The fraction of sp³-hybridized carbons (Fsp3) is 0.455. The summed E-state index contributed by atoms with van der Waals surface area (Å²) in [7, 11) is 0. The van der Waals surface area contributed by atoms with Gasteiger partial charge in [-0.2, -0.15) is 0 Å². The lowest BCUT2D eigenvalue weighted by molar-refractivity contribution is -0.126. The highest BCUT2D eigenvalue weighted by Crippen LogP contribution is 2.20. The first-order valence-electron chi connectivity index (χ1n) is 5.23. The van der Waals surface area contributed by atoms with Gasteiger partial charge in [-0.25, -0.2) is 4.98 Å². The van der Waals surface area contributed by atoms with Crippen LogP contribution in [0.15, 0.2) is 18.3 Å². The van der Waals surface area contributed by atoms with Crippen molar-refractivity contribution >= 4 is 23.2 Å². The number of amides is 1. The first kappa shape index (κ1) is 11.4. The van der Waals surface area contributed by atoms with E-state index in [2.05, 4.69) is 10.3 Å². The van der Waals surface area contributed by atoms with Gasteiger partial charge in [0.25, 0.3) is 5.91 Å². The summed E-state index contributed by atoms with van der Waals surface area (Å²) in [6.07, 6.45) is 3.05. The van der Waals surface area contributed by atoms with E-state index in [4.69, 9.17) is 16.3 Å². The predicted molar refractivity (Wildman–Crippen MR) is 61.4 cm³/mol. The van der Waals surface area contributed by atoms with Crippen molar-refractivity contribution in [1.29, 1.82) is 0 Å². The summed E-state index contributed by atoms with van der Waals surface area (Å²) in [5, 5.41) is 3.15. The van der Waals surface area contributed by atoms with Gasteiger partial charge >= 0.3 is 0 Å². The fourth-order valence-corrected chi connectivity index (χ4v) is 1.78. The molecular weight excluding hydrogens is 228 g/mol. The molecule has 2 rings (SSSR count). The van der Waals surface area contributed by atoms with E-state index in [9.17, 15) is 4.79 Å². The Morgan fingerprint density at radius 3 is 2.94 bits per heavy atom. The number of hydrogen-bond donors (Lipinski definition) is 1. The number of hydrogen-bond acceptors (Lipinski definition) is 3. The smallest absolute Gasteiger partial charge is 0.253 e. The zero-order valence-corrected chi connectivity index (χ0v) is 9.70. The summed E-state index contributed by atoms with van der Waals surface area (Å²) >= 11 is 5.65. The average Bonchev–Trinajstić information content (AvgIpc) is 2.68. The zero-order valence-electron chi connectivity index (χ0n) is 8.94. The van der Waals surface area contributed by atoms with Crippen LogP contribution in [0.1, 0.15) is 19.8 Å². The molecule has 2 atom stereocenters. The highest BCUT2D eigenvalue weighted by molar-refractivity contribution is 6.29. The lowest BCUT2D eigenvalue weighted by Gasteiger charge is -2.11. The van der Waals surface area contributed by atoms with E-state index in [0.29, 0.717) is 10.8 Å². The van der Waals surface area contributed by atoms with Crippen LogP contribution in [0.25, 0.3) is 0 Å². The third kappa shape index (κ3) is 2.71. The lowest BCUT2D eigenvalue weighted by Crippen LogP contribution is -2.27. The highest BCUT2D eigenvalue weighted by atomic mass is 35.5. The van der Waals surface area contributed by atoms with Gasteiger partial charge in [0.15, 0.2) is 0 Å². The maximum Gasteiger partial charge on any atom is 0.253 e. The molecule has 1 aromatic heterocycles. The van der Waals surface area contributed by atoms with E-state index in [1.165, 1.54) is 6.20 Å². The molecule has 1 N–H and O–H groups in total. The molecule has 5 heteroatoms. The van der Waals surface area contributed by atoms with Crippen molar-refractivity contribution in [2.45, 2.75) is 32.0 Å². The Hall–Kier alpha value is -1.13. The first-order valence-corrected chi connectivity index (χ1v) is 5.61. The lowest BCUT2D eigenvalue weighted by atomic mass is 10.2. The van der Waals surface area contributed by atoms with Gasteiger partial charge in [-0.05, 0) is 31.9 Å². The molecule has 0 bridgehead atoms. The second-order valence-corrected chi connectivity index (χ2v) is 4.26. The molecule has 0 spiro atoms. The maximum atomic E-state index is 11.7. The third-order valence-electron chi connectivity index (χ3n) is 2.52. The number of halogens is 1. The van der Waals surface area contributed by atoms with Gasteiger partial charge in [0.1, 0.15) is 11.3 Å². The molecular formula is C11H13ClN2O2. The molecule has 4 nitrogen and oxygen atoms in total. The molecule has 1 saturated heterocycles. The standard InChI is InChI=1S/C11H13ClN2O2/c1-7-2-4-9(16-7)11(15)14-8-3-5-10(12)13-6-8/h3,5-7,9H,2,4H2,1H3,(H,14,15). The molecule has 1 aliphatic heterocycles. The predicted octanol–water partition coefficient (Wildman–Crippen LogP) is 2.24. The van der Waals surface area contributed by atoms with Gasteiger partial charge < -0.3 is 10.1 Å². The Morgan fingerprint density at radius 1 is 1.56 bits per heavy atom. The first-order chi connectivity index (χ1) is 7.65. The molecule has 86 valence electrons. The Labute approximate surface area is 99.0 Å². The van der Waals surface area contributed by atoms with E-state index in [0.717, 1.165) is 12.8 Å². The number of anilines is 1. The van der Waals surface area contributed by atoms with Crippen molar-refractivity contribution in [2.75, 3.05) is 5.32 Å². The van der Waals surface area contributed by atoms with Crippen molar-refractivity contribution in [2.24, 2.45) is 0 Å². The van der Waals surface area contributed by atoms with Crippen molar-refractivity contribution in [1.82, 2.24) is 4.98 Å². The van der Waals surface area contributed by atoms with Crippen molar-refractivity contribution in [3.8, 4) is 0 Å². The second kappa shape index (κ2) is 4.80. The van der Waals surface area contributed by atoms with E-state index in [-0.39, 0.29) is 18.1 Å². The van der Waals surface area contributed by atoms with Gasteiger partial charge in [0.2, 0.25) is 0 Å². The van der Waals surface area contributed by atoms with Crippen molar-refractivity contribution in [3.05, 3.63) is 23.5 Å². The van der Waals surface area contributed by atoms with Crippen molar-refractivity contribution in [3.63, 3.8) is 0 Å². The normalized spacial score (nSPS) is 24.4. The molecule has 2 heterocycles. The number of carbonyl (C=O) groups is 1. The van der Waals surface area contributed by atoms with Crippen LogP contribution in [0.4, 0.5) is 5.69 Å². The molecule has 1 aliphatic rings. The minimum Gasteiger partial charge on any atom is -0.365 e. The second-order valence-electron chi connectivity index (χ2n) is 3.87. The fourth-order valence-electron chi connectivity index (χ4n) is 1.67. The largest absolute Gasteiger partial charge is 0.365 e. The average molecular weight is 241 g/mol. The number of nitrogens with one attached hydrogen (secondary N) is 1. The van der Waals surface area contributed by atoms with E-state index < -0.39 is 0 Å². The van der Waals surface area contributed by atoms with Crippen LogP contribution >= 0.6 is 11.6 Å². The molecule has 1 fully saturated rings. The minimum atomic E-state index is -0.342. The molecule has 2 unspecified atom stereocenters. The quantitative estimate of drug-likeness (QED) is 0.807. The molecule has 1 aromatic rings. The number of nitrogens with zero attached hydrogens (tertiary/aromatic N) is 1. The molecule has 16 heavy (non-hydrogen) atoms. The number of carbonyl (C=O) groups excluding carboxylic acids is 1. The van der Waals surface area contributed by atoms with Crippen molar-refractivity contribution < 1.29 is 9.53 Å². The van der Waals surface area contributed by atoms with Crippen LogP contribution in [0.5, 0.6) is 0 Å². The van der Waals surface area contributed by atoms with Crippen LogP contribution in [0.3, 0.4) is 0 Å². The molecule has 0 aliphatic carbocycles. The summed E-state index contributed by atoms with van der Waals surface area (Å²) in [6, 6.07) is 3.35. The SMILES string of the molecule is CC1CCC(C(=O)Nc2ccc(Cl)nc2)O1. The number of ether oxygens (including phenoxy) is 1. The van der Waals surface area contributed by atoms with Crippen LogP contribution in [0.2, 0.25) is 5.15 Å². The molecule has 0 aromatic carbocycles. The van der Waals surface area contributed by atoms with Gasteiger partial charge in [-0.1, -0.05) is 11.6 Å². The topological polar surface area (TPSA) is 51.2 Å². The Morgan fingerprint density at radius 2 is 2.38 bits per heavy atom. The summed E-state index contributed by atoms with van der Waals surface area (Å²) in [5.41, 5.74) is 0.637. The molecule has 0 saturated carbocycles. The highest BCUT2D eigenvalue weighted by Gasteiger charge is 2.28. The van der Waals surface area contributed by atoms with Gasteiger partial charge in [0, 0.05) is 0 Å². The summed E-state index contributed by atoms with van der Waals surface area (Å²) in [5.74, 6) is -0.117. The monoisotopic (exact) mass is 240 g/mol. The van der Waals surface area contributed by atoms with Crippen LogP contribution < -0.4 is 5.32 Å². The Kier molecular flexibility index (Phi) is 3.41. The summed E-state index contributed by atoms with van der Waals surface area (Å²) in [6.45, 7) is 1.97. The zero-order chi connectivity index (χ0) is 11.5. The van der Waals surface area contributed by atoms with Gasteiger partial charge in [-0.3, -0.25) is 4.79 Å². The van der Waals surface area contributed by atoms with E-state index in [1.54, 1.807) is 12.1 Å². The Balaban J connectivity index is 1.94. The van der Waals surface area contributed by atoms with E-state index in [1.807, 2.05) is 6.92 Å². The molecule has 1 amide bonds. The number of aromatic nitrogens is 1.